The maximum absolute atomic E-state index is 13.7. The summed E-state index contributed by atoms with van der Waals surface area (Å²) in [6, 6.07) is 23.7. The van der Waals surface area contributed by atoms with Crippen LogP contribution in [0.5, 0.6) is 5.75 Å². The molecular weight excluding hydrogens is 424 g/mol. The first-order chi connectivity index (χ1) is 15.3. The molecule has 0 fully saturated rings. The molecule has 1 unspecified atom stereocenters. The fraction of sp³-hybridized carbons (Fsp3) is 0.240. The molecule has 0 aromatic heterocycles. The molecular formula is C25H26N2O4S. The number of fused-ring (bicyclic) bond motifs is 1. The number of benzene rings is 3. The monoisotopic (exact) mass is 450 g/mol. The highest BCUT2D eigenvalue weighted by Gasteiger charge is 2.30. The Hall–Kier alpha value is -3.16. The molecule has 0 radical (unpaired) electrons. The lowest BCUT2D eigenvalue weighted by molar-refractivity contribution is -0.117. The third kappa shape index (κ3) is 4.69. The topological polar surface area (TPSA) is 66.9 Å². The first kappa shape index (κ1) is 22.0. The number of amides is 1. The van der Waals surface area contributed by atoms with E-state index in [0.29, 0.717) is 18.0 Å². The maximum Gasteiger partial charge on any atom is 0.243 e. The SMILES string of the molecule is CC(=O)N1CC(C)Oc2ccc(S(=O)(=O)N(Cc3ccccc3)Cc3ccccc3)cc21. The molecule has 1 aliphatic rings. The quantitative estimate of drug-likeness (QED) is 0.564. The molecule has 0 spiro atoms. The van der Waals surface area contributed by atoms with E-state index in [1.165, 1.54) is 11.2 Å². The van der Waals surface area contributed by atoms with Gasteiger partial charge in [0.15, 0.2) is 0 Å². The second-order valence-corrected chi connectivity index (χ2v) is 9.87. The number of hydrogen-bond donors (Lipinski definition) is 0. The van der Waals surface area contributed by atoms with Crippen LogP contribution in [0.25, 0.3) is 0 Å². The van der Waals surface area contributed by atoms with Gasteiger partial charge in [-0.3, -0.25) is 4.79 Å². The summed E-state index contributed by atoms with van der Waals surface area (Å²) in [7, 11) is -3.85. The van der Waals surface area contributed by atoms with Crippen LogP contribution in [-0.2, 0) is 27.9 Å². The minimum absolute atomic E-state index is 0.132. The van der Waals surface area contributed by atoms with Crippen LogP contribution in [0.4, 0.5) is 5.69 Å². The van der Waals surface area contributed by atoms with Gasteiger partial charge in [0.05, 0.1) is 17.1 Å². The zero-order valence-corrected chi connectivity index (χ0v) is 19.0. The second-order valence-electron chi connectivity index (χ2n) is 7.93. The summed E-state index contributed by atoms with van der Waals surface area (Å²) in [4.78, 5) is 13.9. The summed E-state index contributed by atoms with van der Waals surface area (Å²) in [6.45, 7) is 4.20. The van der Waals surface area contributed by atoms with Crippen molar-refractivity contribution < 1.29 is 17.9 Å². The average molecular weight is 451 g/mol. The molecule has 0 bridgehead atoms. The standard InChI is InChI=1S/C25H26N2O4S/c1-19-16-27(20(2)28)24-15-23(13-14-25(24)31-19)32(29,30)26(17-21-9-5-3-6-10-21)18-22-11-7-4-8-12-22/h3-15,19H,16-18H2,1-2H3. The van der Waals surface area contributed by atoms with E-state index >= 15 is 0 Å². The summed E-state index contributed by atoms with van der Waals surface area (Å²) in [5.41, 5.74) is 2.27. The van der Waals surface area contributed by atoms with Crippen LogP contribution < -0.4 is 9.64 Å². The molecule has 32 heavy (non-hydrogen) atoms. The van der Waals surface area contributed by atoms with E-state index in [1.807, 2.05) is 67.6 Å². The van der Waals surface area contributed by atoms with Crippen molar-refractivity contribution in [1.82, 2.24) is 4.31 Å². The smallest absolute Gasteiger partial charge is 0.243 e. The van der Waals surface area contributed by atoms with Crippen LogP contribution >= 0.6 is 0 Å². The number of carbonyl (C=O) groups is 1. The van der Waals surface area contributed by atoms with Crippen molar-refractivity contribution >= 4 is 21.6 Å². The van der Waals surface area contributed by atoms with Gasteiger partial charge in [0, 0.05) is 20.0 Å². The van der Waals surface area contributed by atoms with Gasteiger partial charge >= 0.3 is 0 Å². The van der Waals surface area contributed by atoms with E-state index in [4.69, 9.17) is 4.74 Å². The predicted molar refractivity (Wildman–Crippen MR) is 124 cm³/mol. The molecule has 1 heterocycles. The van der Waals surface area contributed by atoms with Crippen molar-refractivity contribution in [2.45, 2.75) is 37.9 Å². The van der Waals surface area contributed by atoms with E-state index < -0.39 is 10.0 Å². The molecule has 6 nitrogen and oxygen atoms in total. The van der Waals surface area contributed by atoms with Gasteiger partial charge in [0.1, 0.15) is 11.9 Å². The average Bonchev–Trinajstić information content (AvgIpc) is 2.79. The molecule has 3 aromatic rings. The van der Waals surface area contributed by atoms with Gasteiger partial charge in [0.25, 0.3) is 0 Å². The van der Waals surface area contributed by atoms with Crippen LogP contribution in [0.1, 0.15) is 25.0 Å². The summed E-state index contributed by atoms with van der Waals surface area (Å²) >= 11 is 0. The molecule has 1 amide bonds. The Morgan fingerprint density at radius 2 is 1.53 bits per heavy atom. The number of hydrogen-bond acceptors (Lipinski definition) is 4. The lowest BCUT2D eigenvalue weighted by Gasteiger charge is -2.33. The molecule has 7 heteroatoms. The van der Waals surface area contributed by atoms with E-state index in [2.05, 4.69) is 0 Å². The fourth-order valence-corrected chi connectivity index (χ4v) is 5.26. The molecule has 166 valence electrons. The normalized spacial score (nSPS) is 15.8. The van der Waals surface area contributed by atoms with Crippen LogP contribution in [0.2, 0.25) is 0 Å². The van der Waals surface area contributed by atoms with Crippen molar-refractivity contribution in [3.05, 3.63) is 90.0 Å². The summed E-state index contributed by atoms with van der Waals surface area (Å²) in [5, 5.41) is 0. The Labute approximate surface area is 189 Å². The number of sulfonamides is 1. The highest BCUT2D eigenvalue weighted by molar-refractivity contribution is 7.89. The second kappa shape index (κ2) is 9.14. The molecule has 1 aliphatic heterocycles. The minimum atomic E-state index is -3.85. The predicted octanol–water partition coefficient (Wildman–Crippen LogP) is 4.21. The lowest BCUT2D eigenvalue weighted by atomic mass is 10.2. The number of ether oxygens (including phenoxy) is 1. The third-order valence-electron chi connectivity index (χ3n) is 5.41. The zero-order chi connectivity index (χ0) is 22.7. The molecule has 0 N–H and O–H groups in total. The Bertz CT molecular complexity index is 1160. The fourth-order valence-electron chi connectivity index (χ4n) is 3.82. The van der Waals surface area contributed by atoms with Crippen LogP contribution in [0.15, 0.2) is 83.8 Å². The summed E-state index contributed by atoms with van der Waals surface area (Å²) in [6.07, 6.45) is -0.165. The van der Waals surface area contributed by atoms with Crippen molar-refractivity contribution in [3.63, 3.8) is 0 Å². The van der Waals surface area contributed by atoms with Gasteiger partial charge < -0.3 is 9.64 Å². The summed E-state index contributed by atoms with van der Waals surface area (Å²) < 4.78 is 34.8. The summed E-state index contributed by atoms with van der Waals surface area (Å²) in [5.74, 6) is 0.358. The van der Waals surface area contributed by atoms with E-state index in [9.17, 15) is 13.2 Å². The molecule has 0 aliphatic carbocycles. The van der Waals surface area contributed by atoms with Gasteiger partial charge in [-0.25, -0.2) is 8.42 Å². The van der Waals surface area contributed by atoms with Gasteiger partial charge in [0.2, 0.25) is 15.9 Å². The minimum Gasteiger partial charge on any atom is -0.487 e. The number of rotatable bonds is 6. The molecule has 1 atom stereocenters. The molecule has 4 rings (SSSR count). The number of carbonyl (C=O) groups excluding carboxylic acids is 1. The van der Waals surface area contributed by atoms with Crippen LogP contribution in [-0.4, -0.2) is 31.3 Å². The highest BCUT2D eigenvalue weighted by Crippen LogP contribution is 2.36. The van der Waals surface area contributed by atoms with E-state index in [1.54, 1.807) is 23.1 Å². The van der Waals surface area contributed by atoms with Crippen molar-refractivity contribution in [2.75, 3.05) is 11.4 Å². The maximum atomic E-state index is 13.7. The number of nitrogens with zero attached hydrogens (tertiary/aromatic N) is 2. The van der Waals surface area contributed by atoms with Crippen LogP contribution in [0, 0.1) is 0 Å². The van der Waals surface area contributed by atoms with Gasteiger partial charge in [-0.1, -0.05) is 60.7 Å². The van der Waals surface area contributed by atoms with Gasteiger partial charge in [-0.05, 0) is 36.2 Å². The molecule has 0 saturated heterocycles. The third-order valence-corrected chi connectivity index (χ3v) is 7.20. The number of anilines is 1. The Morgan fingerprint density at radius 3 is 2.06 bits per heavy atom. The van der Waals surface area contributed by atoms with Gasteiger partial charge in [-0.2, -0.15) is 4.31 Å². The van der Waals surface area contributed by atoms with E-state index in [-0.39, 0.29) is 30.0 Å². The van der Waals surface area contributed by atoms with Crippen molar-refractivity contribution in [2.24, 2.45) is 0 Å². The van der Waals surface area contributed by atoms with Crippen molar-refractivity contribution in [1.29, 1.82) is 0 Å². The molecule has 0 saturated carbocycles. The van der Waals surface area contributed by atoms with Gasteiger partial charge in [-0.15, -0.1) is 0 Å². The Morgan fingerprint density at radius 1 is 0.969 bits per heavy atom. The van der Waals surface area contributed by atoms with Crippen LogP contribution in [0.3, 0.4) is 0 Å². The Balaban J connectivity index is 1.73. The molecule has 3 aromatic carbocycles. The van der Waals surface area contributed by atoms with Crippen molar-refractivity contribution in [3.8, 4) is 5.75 Å². The first-order valence-corrected chi connectivity index (χ1v) is 12.0. The first-order valence-electron chi connectivity index (χ1n) is 10.5. The highest BCUT2D eigenvalue weighted by atomic mass is 32.2. The Kier molecular flexibility index (Phi) is 6.30. The van der Waals surface area contributed by atoms with E-state index in [0.717, 1.165) is 11.1 Å². The lowest BCUT2D eigenvalue weighted by Crippen LogP contribution is -2.41. The zero-order valence-electron chi connectivity index (χ0n) is 18.1. The largest absolute Gasteiger partial charge is 0.487 e.